The minimum absolute atomic E-state index is 0.463. The number of imidazole rings is 1. The van der Waals surface area contributed by atoms with Crippen LogP contribution in [0.3, 0.4) is 0 Å². The van der Waals surface area contributed by atoms with Crippen molar-refractivity contribution >= 4 is 29.3 Å². The van der Waals surface area contributed by atoms with Gasteiger partial charge in [0.25, 0.3) is 0 Å². The standard InChI is InChI=1S/C11H14N4OS/c1-7-2-3-9-8(6-7)14-11(17)15(9)5-4-13-10(12)16/h2-3,6H,4-5H2,1H3,(H,14,17)(H3,12,13,16). The minimum Gasteiger partial charge on any atom is -0.352 e. The molecule has 1 heterocycles. The fraction of sp³-hybridized carbons (Fsp3) is 0.273. The van der Waals surface area contributed by atoms with Crippen LogP contribution in [0.5, 0.6) is 0 Å². The second-order valence-electron chi connectivity index (χ2n) is 3.89. The molecule has 2 aromatic rings. The number of H-pyrrole nitrogens is 1. The van der Waals surface area contributed by atoms with Crippen molar-refractivity contribution in [2.45, 2.75) is 13.5 Å². The van der Waals surface area contributed by atoms with E-state index in [1.807, 2.05) is 29.7 Å². The number of carbonyl (C=O) groups excluding carboxylic acids is 1. The number of hydrogen-bond acceptors (Lipinski definition) is 2. The molecule has 0 spiro atoms. The number of hydrogen-bond donors (Lipinski definition) is 3. The Kier molecular flexibility index (Phi) is 3.14. The van der Waals surface area contributed by atoms with Crippen molar-refractivity contribution in [1.82, 2.24) is 14.9 Å². The number of urea groups is 1. The Balaban J connectivity index is 2.30. The molecule has 0 fully saturated rings. The summed E-state index contributed by atoms with van der Waals surface area (Å²) in [6, 6.07) is 5.57. The SMILES string of the molecule is Cc1ccc2c(c1)[nH]c(=S)n2CCNC(N)=O. The average Bonchev–Trinajstić information content (AvgIpc) is 2.54. The summed E-state index contributed by atoms with van der Waals surface area (Å²) in [4.78, 5) is 13.7. The van der Waals surface area contributed by atoms with Crippen LogP contribution in [0.4, 0.5) is 4.79 Å². The van der Waals surface area contributed by atoms with Gasteiger partial charge in [-0.2, -0.15) is 0 Å². The molecule has 0 saturated carbocycles. The van der Waals surface area contributed by atoms with Crippen molar-refractivity contribution in [3.8, 4) is 0 Å². The van der Waals surface area contributed by atoms with Gasteiger partial charge < -0.3 is 20.6 Å². The van der Waals surface area contributed by atoms with Gasteiger partial charge in [-0.15, -0.1) is 0 Å². The van der Waals surface area contributed by atoms with Crippen LogP contribution in [0.1, 0.15) is 5.56 Å². The number of nitrogens with two attached hydrogens (primary N) is 1. The van der Waals surface area contributed by atoms with Crippen molar-refractivity contribution < 1.29 is 4.79 Å². The number of benzene rings is 1. The molecule has 0 aliphatic heterocycles. The van der Waals surface area contributed by atoms with Crippen LogP contribution in [-0.2, 0) is 6.54 Å². The van der Waals surface area contributed by atoms with Gasteiger partial charge in [-0.25, -0.2) is 4.79 Å². The summed E-state index contributed by atoms with van der Waals surface area (Å²) in [6.45, 7) is 3.09. The number of fused-ring (bicyclic) bond motifs is 1. The molecule has 0 unspecified atom stereocenters. The molecule has 0 aliphatic carbocycles. The zero-order valence-electron chi connectivity index (χ0n) is 9.49. The van der Waals surface area contributed by atoms with E-state index in [2.05, 4.69) is 10.3 Å². The number of aromatic amines is 1. The maximum atomic E-state index is 10.6. The van der Waals surface area contributed by atoms with Crippen molar-refractivity contribution in [3.05, 3.63) is 28.5 Å². The first-order valence-corrected chi connectivity index (χ1v) is 5.71. The predicted molar refractivity (Wildman–Crippen MR) is 69.4 cm³/mol. The maximum absolute atomic E-state index is 10.6. The van der Waals surface area contributed by atoms with Gasteiger partial charge in [0, 0.05) is 13.1 Å². The minimum atomic E-state index is -0.521. The number of nitrogens with zero attached hydrogens (tertiary/aromatic N) is 1. The third-order valence-electron chi connectivity index (χ3n) is 2.56. The largest absolute Gasteiger partial charge is 0.352 e. The summed E-state index contributed by atoms with van der Waals surface area (Å²) in [5.41, 5.74) is 8.23. The topological polar surface area (TPSA) is 75.8 Å². The van der Waals surface area contributed by atoms with Crippen LogP contribution >= 0.6 is 12.2 Å². The lowest BCUT2D eigenvalue weighted by Gasteiger charge is -2.04. The molecule has 0 atom stereocenters. The molecule has 1 aromatic heterocycles. The number of aromatic nitrogens is 2. The molecule has 17 heavy (non-hydrogen) atoms. The molecule has 2 amide bonds. The molecular weight excluding hydrogens is 236 g/mol. The highest BCUT2D eigenvalue weighted by Gasteiger charge is 2.04. The molecule has 0 radical (unpaired) electrons. The van der Waals surface area contributed by atoms with E-state index < -0.39 is 6.03 Å². The highest BCUT2D eigenvalue weighted by atomic mass is 32.1. The van der Waals surface area contributed by atoms with E-state index in [1.165, 1.54) is 5.56 Å². The lowest BCUT2D eigenvalue weighted by Crippen LogP contribution is -2.32. The highest BCUT2D eigenvalue weighted by molar-refractivity contribution is 7.71. The summed E-state index contributed by atoms with van der Waals surface area (Å²) in [5.74, 6) is 0. The summed E-state index contributed by atoms with van der Waals surface area (Å²) >= 11 is 5.24. The highest BCUT2D eigenvalue weighted by Crippen LogP contribution is 2.15. The third kappa shape index (κ3) is 2.47. The molecular formula is C11H14N4OS. The Morgan fingerprint density at radius 1 is 1.59 bits per heavy atom. The third-order valence-corrected chi connectivity index (χ3v) is 2.89. The van der Waals surface area contributed by atoms with E-state index in [0.29, 0.717) is 17.9 Å². The van der Waals surface area contributed by atoms with Crippen molar-refractivity contribution in [2.24, 2.45) is 5.73 Å². The Labute approximate surface area is 104 Å². The summed E-state index contributed by atoms with van der Waals surface area (Å²) in [6.07, 6.45) is 0. The molecule has 5 nitrogen and oxygen atoms in total. The summed E-state index contributed by atoms with van der Waals surface area (Å²) < 4.78 is 2.59. The van der Waals surface area contributed by atoms with Crippen LogP contribution in [-0.4, -0.2) is 22.1 Å². The van der Waals surface area contributed by atoms with Crippen LogP contribution in [0.25, 0.3) is 11.0 Å². The number of aryl methyl sites for hydroxylation is 1. The van der Waals surface area contributed by atoms with Crippen LogP contribution < -0.4 is 11.1 Å². The quantitative estimate of drug-likeness (QED) is 0.725. The molecule has 2 rings (SSSR count). The number of nitrogens with one attached hydrogen (secondary N) is 2. The molecule has 0 aliphatic rings. The smallest absolute Gasteiger partial charge is 0.312 e. The van der Waals surface area contributed by atoms with E-state index in [1.54, 1.807) is 0 Å². The molecule has 0 saturated heterocycles. The van der Waals surface area contributed by atoms with Crippen molar-refractivity contribution in [3.63, 3.8) is 0 Å². The Morgan fingerprint density at radius 3 is 3.06 bits per heavy atom. The monoisotopic (exact) mass is 250 g/mol. The Hall–Kier alpha value is -1.82. The maximum Gasteiger partial charge on any atom is 0.312 e. The summed E-state index contributed by atoms with van der Waals surface area (Å²) in [5, 5.41) is 2.54. The van der Waals surface area contributed by atoms with E-state index in [4.69, 9.17) is 18.0 Å². The average molecular weight is 250 g/mol. The molecule has 0 bridgehead atoms. The van der Waals surface area contributed by atoms with Gasteiger partial charge in [-0.05, 0) is 36.8 Å². The van der Waals surface area contributed by atoms with Gasteiger partial charge in [0.2, 0.25) is 0 Å². The van der Waals surface area contributed by atoms with Crippen LogP contribution in [0.15, 0.2) is 18.2 Å². The van der Waals surface area contributed by atoms with Crippen molar-refractivity contribution in [1.29, 1.82) is 0 Å². The zero-order valence-corrected chi connectivity index (χ0v) is 10.3. The molecule has 90 valence electrons. The zero-order chi connectivity index (χ0) is 12.4. The van der Waals surface area contributed by atoms with E-state index >= 15 is 0 Å². The van der Waals surface area contributed by atoms with Gasteiger partial charge >= 0.3 is 6.03 Å². The second kappa shape index (κ2) is 4.58. The van der Waals surface area contributed by atoms with Gasteiger partial charge in [0.05, 0.1) is 11.0 Å². The summed E-state index contributed by atoms with van der Waals surface area (Å²) in [7, 11) is 0. The number of carbonyl (C=O) groups is 1. The van der Waals surface area contributed by atoms with Crippen LogP contribution in [0.2, 0.25) is 0 Å². The van der Waals surface area contributed by atoms with E-state index in [-0.39, 0.29) is 0 Å². The van der Waals surface area contributed by atoms with Gasteiger partial charge in [0.1, 0.15) is 0 Å². The second-order valence-corrected chi connectivity index (χ2v) is 4.28. The number of amides is 2. The fourth-order valence-electron chi connectivity index (χ4n) is 1.79. The van der Waals surface area contributed by atoms with Gasteiger partial charge in [-0.3, -0.25) is 0 Å². The fourth-order valence-corrected chi connectivity index (χ4v) is 2.09. The first-order valence-electron chi connectivity index (χ1n) is 5.30. The van der Waals surface area contributed by atoms with Crippen LogP contribution in [0, 0.1) is 11.7 Å². The lowest BCUT2D eigenvalue weighted by atomic mass is 10.2. The van der Waals surface area contributed by atoms with E-state index in [0.717, 1.165) is 11.0 Å². The van der Waals surface area contributed by atoms with Gasteiger partial charge in [-0.1, -0.05) is 6.07 Å². The normalized spacial score (nSPS) is 10.6. The Bertz CT molecular complexity index is 613. The lowest BCUT2D eigenvalue weighted by molar-refractivity contribution is 0.248. The number of primary amides is 1. The first-order chi connectivity index (χ1) is 8.08. The molecule has 4 N–H and O–H groups in total. The first kappa shape index (κ1) is 11.7. The van der Waals surface area contributed by atoms with E-state index in [9.17, 15) is 4.79 Å². The number of rotatable bonds is 3. The van der Waals surface area contributed by atoms with Gasteiger partial charge in [0.15, 0.2) is 4.77 Å². The molecule has 6 heteroatoms. The molecule has 1 aromatic carbocycles. The predicted octanol–water partition coefficient (Wildman–Crippen LogP) is 1.68. The Morgan fingerprint density at radius 2 is 2.35 bits per heavy atom. The van der Waals surface area contributed by atoms with Crippen molar-refractivity contribution in [2.75, 3.05) is 6.54 Å².